The number of likely N-dealkylation sites (tertiary alicyclic amines) is 1. The fourth-order valence-corrected chi connectivity index (χ4v) is 2.02. The molecule has 1 aromatic heterocycles. The summed E-state index contributed by atoms with van der Waals surface area (Å²) in [7, 11) is 1.55. The van der Waals surface area contributed by atoms with Crippen molar-refractivity contribution in [3.63, 3.8) is 0 Å². The molecule has 2 rings (SSSR count). The molecule has 20 heavy (non-hydrogen) atoms. The molecule has 0 N–H and O–H groups in total. The van der Waals surface area contributed by atoms with Crippen molar-refractivity contribution >= 4 is 0 Å². The summed E-state index contributed by atoms with van der Waals surface area (Å²) in [6.45, 7) is -0.0661. The van der Waals surface area contributed by atoms with Crippen LogP contribution >= 0.6 is 0 Å². The van der Waals surface area contributed by atoms with Gasteiger partial charge in [0.15, 0.2) is 0 Å². The first-order chi connectivity index (χ1) is 9.20. The topological polar surface area (TPSA) is 25.4 Å². The minimum atomic E-state index is -4.48. The van der Waals surface area contributed by atoms with Crippen molar-refractivity contribution in [2.75, 3.05) is 20.2 Å². The minimum absolute atomic E-state index is 0.103. The monoisotopic (exact) mass is 296 g/mol. The van der Waals surface area contributed by atoms with Crippen molar-refractivity contribution in [1.82, 2.24) is 9.88 Å². The first kappa shape index (κ1) is 15.0. The summed E-state index contributed by atoms with van der Waals surface area (Å²) in [5, 5.41) is 0. The highest BCUT2D eigenvalue weighted by atomic mass is 19.4. The molecule has 1 aromatic rings. The number of ether oxygens (including phenoxy) is 1. The summed E-state index contributed by atoms with van der Waals surface area (Å²) in [4.78, 5) is 4.94. The van der Waals surface area contributed by atoms with Crippen molar-refractivity contribution in [2.24, 2.45) is 0 Å². The third-order valence-corrected chi connectivity index (χ3v) is 3.27. The molecule has 0 radical (unpaired) electrons. The highest BCUT2D eigenvalue weighted by Crippen LogP contribution is 2.33. The van der Waals surface area contributed by atoms with Gasteiger partial charge in [0, 0.05) is 25.2 Å². The van der Waals surface area contributed by atoms with Crippen molar-refractivity contribution in [2.45, 2.75) is 24.6 Å². The van der Waals surface area contributed by atoms with E-state index in [1.165, 1.54) is 4.90 Å². The SMILES string of the molecule is CN1CCC(F)(F)[C@H]1COc1ccc(C(F)(F)F)cn1. The van der Waals surface area contributed by atoms with E-state index in [1.54, 1.807) is 7.05 Å². The largest absolute Gasteiger partial charge is 0.476 e. The van der Waals surface area contributed by atoms with E-state index in [9.17, 15) is 22.0 Å². The van der Waals surface area contributed by atoms with E-state index < -0.39 is 23.7 Å². The summed E-state index contributed by atoms with van der Waals surface area (Å²) < 4.78 is 69.0. The Hall–Kier alpha value is -1.44. The fourth-order valence-electron chi connectivity index (χ4n) is 2.02. The molecule has 1 saturated heterocycles. The second-order valence-corrected chi connectivity index (χ2v) is 4.70. The Bertz CT molecular complexity index is 460. The molecule has 0 aromatic carbocycles. The van der Waals surface area contributed by atoms with Crippen LogP contribution in [0.3, 0.4) is 0 Å². The lowest BCUT2D eigenvalue weighted by Gasteiger charge is -2.24. The Morgan fingerprint density at radius 3 is 2.55 bits per heavy atom. The van der Waals surface area contributed by atoms with Crippen LogP contribution < -0.4 is 4.74 Å². The van der Waals surface area contributed by atoms with Crippen molar-refractivity contribution in [3.8, 4) is 5.88 Å². The van der Waals surface area contributed by atoms with Gasteiger partial charge >= 0.3 is 6.18 Å². The number of pyridine rings is 1. The predicted octanol–water partition coefficient (Wildman–Crippen LogP) is 2.82. The number of nitrogens with zero attached hydrogens (tertiary/aromatic N) is 2. The fraction of sp³-hybridized carbons (Fsp3) is 0.583. The molecule has 1 fully saturated rings. The zero-order valence-electron chi connectivity index (χ0n) is 10.6. The average molecular weight is 296 g/mol. The lowest BCUT2D eigenvalue weighted by Crippen LogP contribution is -2.41. The van der Waals surface area contributed by atoms with Gasteiger partial charge in [0.1, 0.15) is 12.6 Å². The summed E-state index contributed by atoms with van der Waals surface area (Å²) >= 11 is 0. The number of likely N-dealkylation sites (N-methyl/N-ethyl adjacent to an activating group) is 1. The van der Waals surface area contributed by atoms with Crippen molar-refractivity contribution in [3.05, 3.63) is 23.9 Å². The van der Waals surface area contributed by atoms with E-state index in [4.69, 9.17) is 4.74 Å². The summed E-state index contributed by atoms with van der Waals surface area (Å²) in [6.07, 6.45) is -4.12. The van der Waals surface area contributed by atoms with Crippen molar-refractivity contribution in [1.29, 1.82) is 0 Å². The molecule has 0 aliphatic carbocycles. The molecule has 0 amide bonds. The first-order valence-corrected chi connectivity index (χ1v) is 5.94. The normalized spacial score (nSPS) is 23.0. The zero-order valence-corrected chi connectivity index (χ0v) is 10.6. The Morgan fingerprint density at radius 2 is 2.10 bits per heavy atom. The van der Waals surface area contributed by atoms with Crippen LogP contribution in [0.15, 0.2) is 18.3 Å². The summed E-state index contributed by atoms with van der Waals surface area (Å²) in [5.74, 6) is -2.96. The Kier molecular flexibility index (Phi) is 3.86. The number of aromatic nitrogens is 1. The summed E-state index contributed by atoms with van der Waals surface area (Å²) in [6, 6.07) is 0.737. The van der Waals surface area contributed by atoms with E-state index >= 15 is 0 Å². The molecule has 0 bridgehead atoms. The number of halogens is 5. The first-order valence-electron chi connectivity index (χ1n) is 5.94. The number of alkyl halides is 5. The lowest BCUT2D eigenvalue weighted by atomic mass is 10.2. The lowest BCUT2D eigenvalue weighted by molar-refractivity contribution is -0.137. The van der Waals surface area contributed by atoms with Crippen LogP contribution in [-0.2, 0) is 6.18 Å². The highest BCUT2D eigenvalue weighted by Gasteiger charge is 2.47. The average Bonchev–Trinajstić information content (AvgIpc) is 2.61. The standard InChI is InChI=1S/C12H13F5N2O/c1-19-5-4-11(13,14)9(19)7-20-10-3-2-8(6-18-10)12(15,16)17/h2-3,6,9H,4-5,7H2,1H3/t9-/m1/s1. The van der Waals surface area contributed by atoms with Crippen LogP contribution in [0.25, 0.3) is 0 Å². The van der Waals surface area contributed by atoms with Crippen LogP contribution in [0.4, 0.5) is 22.0 Å². The summed E-state index contributed by atoms with van der Waals surface area (Å²) in [5.41, 5.74) is -0.909. The van der Waals surface area contributed by atoms with Gasteiger partial charge in [-0.25, -0.2) is 13.8 Å². The Labute approximate surface area is 112 Å². The quantitative estimate of drug-likeness (QED) is 0.802. The second kappa shape index (κ2) is 5.16. The predicted molar refractivity (Wildman–Crippen MR) is 60.7 cm³/mol. The van der Waals surface area contributed by atoms with Crippen molar-refractivity contribution < 1.29 is 26.7 Å². The number of hydrogen-bond acceptors (Lipinski definition) is 3. The molecule has 1 aliphatic rings. The van der Waals surface area contributed by atoms with Gasteiger partial charge in [-0.3, -0.25) is 4.90 Å². The Balaban J connectivity index is 1.98. The van der Waals surface area contributed by atoms with Crippen LogP contribution in [0.5, 0.6) is 5.88 Å². The van der Waals surface area contributed by atoms with Gasteiger partial charge in [-0.1, -0.05) is 0 Å². The molecule has 3 nitrogen and oxygen atoms in total. The van der Waals surface area contributed by atoms with Crippen LogP contribution in [-0.4, -0.2) is 42.0 Å². The van der Waals surface area contributed by atoms with E-state index in [0.29, 0.717) is 6.20 Å². The van der Waals surface area contributed by atoms with Gasteiger partial charge in [-0.2, -0.15) is 13.2 Å². The molecule has 0 unspecified atom stereocenters. The van der Waals surface area contributed by atoms with Gasteiger partial charge in [0.25, 0.3) is 5.92 Å². The van der Waals surface area contributed by atoms with Gasteiger partial charge < -0.3 is 4.74 Å². The molecule has 8 heteroatoms. The van der Waals surface area contributed by atoms with E-state index in [-0.39, 0.29) is 25.5 Å². The van der Waals surface area contributed by atoms with Gasteiger partial charge in [-0.15, -0.1) is 0 Å². The van der Waals surface area contributed by atoms with Crippen LogP contribution in [0.2, 0.25) is 0 Å². The third kappa shape index (κ3) is 3.17. The molecule has 1 atom stereocenters. The zero-order chi connectivity index (χ0) is 15.0. The van der Waals surface area contributed by atoms with E-state index in [2.05, 4.69) is 4.98 Å². The molecular weight excluding hydrogens is 283 g/mol. The molecule has 0 saturated carbocycles. The van der Waals surface area contributed by atoms with E-state index in [1.807, 2.05) is 0 Å². The second-order valence-electron chi connectivity index (χ2n) is 4.70. The maximum Gasteiger partial charge on any atom is 0.417 e. The maximum atomic E-state index is 13.5. The Morgan fingerprint density at radius 1 is 1.40 bits per heavy atom. The number of rotatable bonds is 3. The number of hydrogen-bond donors (Lipinski definition) is 0. The molecular formula is C12H13F5N2O. The smallest absolute Gasteiger partial charge is 0.417 e. The van der Waals surface area contributed by atoms with E-state index in [0.717, 1.165) is 12.1 Å². The van der Waals surface area contributed by atoms with Gasteiger partial charge in [-0.05, 0) is 13.1 Å². The highest BCUT2D eigenvalue weighted by molar-refractivity contribution is 5.20. The van der Waals surface area contributed by atoms with Crippen LogP contribution in [0, 0.1) is 0 Å². The molecule has 0 spiro atoms. The van der Waals surface area contributed by atoms with Crippen LogP contribution in [0.1, 0.15) is 12.0 Å². The minimum Gasteiger partial charge on any atom is -0.476 e. The maximum absolute atomic E-state index is 13.5. The molecule has 1 aliphatic heterocycles. The molecule has 2 heterocycles. The third-order valence-electron chi connectivity index (χ3n) is 3.27. The van der Waals surface area contributed by atoms with Gasteiger partial charge in [0.05, 0.1) is 5.56 Å². The molecule has 112 valence electrons. The van der Waals surface area contributed by atoms with Gasteiger partial charge in [0.2, 0.25) is 5.88 Å².